The summed E-state index contributed by atoms with van der Waals surface area (Å²) in [5.41, 5.74) is 1.21. The quantitative estimate of drug-likeness (QED) is 0.831. The van der Waals surface area contributed by atoms with E-state index >= 15 is 0 Å². The van der Waals surface area contributed by atoms with E-state index in [1.807, 2.05) is 30.1 Å². The maximum absolute atomic E-state index is 11.9. The first-order chi connectivity index (χ1) is 7.72. The van der Waals surface area contributed by atoms with Crippen molar-refractivity contribution < 1.29 is 4.79 Å². The minimum Gasteiger partial charge on any atom is -0.329 e. The van der Waals surface area contributed by atoms with Gasteiger partial charge in [0.1, 0.15) is 0 Å². The molecule has 2 rings (SSSR count). The van der Waals surface area contributed by atoms with Gasteiger partial charge in [0.2, 0.25) is 5.91 Å². The minimum absolute atomic E-state index is 0.0580. The number of likely N-dealkylation sites (N-methyl/N-ethyl adjacent to an activating group) is 1. The first kappa shape index (κ1) is 11.1. The highest BCUT2D eigenvalue weighted by Crippen LogP contribution is 2.14. The lowest BCUT2D eigenvalue weighted by atomic mass is 10.1. The zero-order valence-corrected chi connectivity index (χ0v) is 9.81. The number of hydrogen-bond donors (Lipinski definition) is 1. The first-order valence-corrected chi connectivity index (χ1v) is 5.79. The van der Waals surface area contributed by atoms with Crippen molar-refractivity contribution in [2.75, 3.05) is 7.05 Å². The Bertz CT molecular complexity index is 363. The Balaban J connectivity index is 2.04. The average molecular weight is 218 g/mol. The molecule has 1 heterocycles. The molecule has 1 aliphatic rings. The first-order valence-electron chi connectivity index (χ1n) is 5.79. The number of amides is 1. The van der Waals surface area contributed by atoms with Crippen LogP contribution in [0.3, 0.4) is 0 Å². The summed E-state index contributed by atoms with van der Waals surface area (Å²) in [5, 5.41) is 3.37. The third-order valence-corrected chi connectivity index (χ3v) is 3.18. The third-order valence-electron chi connectivity index (χ3n) is 3.18. The lowest BCUT2D eigenvalue weighted by molar-refractivity contribution is -0.128. The molecule has 3 heteroatoms. The molecule has 1 aromatic rings. The molecule has 1 saturated heterocycles. The van der Waals surface area contributed by atoms with E-state index in [1.54, 1.807) is 0 Å². The molecule has 0 saturated carbocycles. The SMILES string of the molecule is CCC1NC(Cc2ccccc2)C(=O)N1C. The van der Waals surface area contributed by atoms with E-state index < -0.39 is 0 Å². The van der Waals surface area contributed by atoms with Crippen molar-refractivity contribution in [1.29, 1.82) is 0 Å². The zero-order valence-electron chi connectivity index (χ0n) is 9.81. The van der Waals surface area contributed by atoms with E-state index in [2.05, 4.69) is 24.4 Å². The molecule has 86 valence electrons. The van der Waals surface area contributed by atoms with Gasteiger partial charge in [0.25, 0.3) is 0 Å². The molecule has 0 aliphatic carbocycles. The highest BCUT2D eigenvalue weighted by atomic mass is 16.2. The van der Waals surface area contributed by atoms with Crippen LogP contribution in [0.1, 0.15) is 18.9 Å². The summed E-state index contributed by atoms with van der Waals surface area (Å²) in [5.74, 6) is 0.204. The summed E-state index contributed by atoms with van der Waals surface area (Å²) in [6, 6.07) is 10.1. The van der Waals surface area contributed by atoms with Crippen LogP contribution in [0.4, 0.5) is 0 Å². The fraction of sp³-hybridized carbons (Fsp3) is 0.462. The minimum atomic E-state index is -0.0580. The van der Waals surface area contributed by atoms with Crippen LogP contribution in [0.15, 0.2) is 30.3 Å². The van der Waals surface area contributed by atoms with Gasteiger partial charge in [0.15, 0.2) is 0 Å². The van der Waals surface area contributed by atoms with Crippen LogP contribution >= 0.6 is 0 Å². The number of nitrogens with one attached hydrogen (secondary N) is 1. The summed E-state index contributed by atoms with van der Waals surface area (Å²) in [7, 11) is 1.87. The molecule has 1 aliphatic heterocycles. The van der Waals surface area contributed by atoms with Crippen molar-refractivity contribution in [2.24, 2.45) is 0 Å². The largest absolute Gasteiger partial charge is 0.329 e. The second-order valence-electron chi connectivity index (χ2n) is 4.28. The van der Waals surface area contributed by atoms with Gasteiger partial charge in [-0.1, -0.05) is 37.3 Å². The standard InChI is InChI=1S/C13H18N2O/c1-3-12-14-11(13(16)15(12)2)9-10-7-5-4-6-8-10/h4-8,11-12,14H,3,9H2,1-2H3. The Kier molecular flexibility index (Phi) is 3.25. The van der Waals surface area contributed by atoms with Gasteiger partial charge in [-0.15, -0.1) is 0 Å². The fourth-order valence-corrected chi connectivity index (χ4v) is 2.20. The van der Waals surface area contributed by atoms with Crippen LogP contribution in [0, 0.1) is 0 Å². The summed E-state index contributed by atoms with van der Waals surface area (Å²) in [6.45, 7) is 2.09. The molecule has 0 aromatic heterocycles. The topological polar surface area (TPSA) is 32.3 Å². The lowest BCUT2D eigenvalue weighted by Crippen LogP contribution is -2.34. The van der Waals surface area contributed by atoms with Gasteiger partial charge in [0, 0.05) is 7.05 Å². The Morgan fingerprint density at radius 3 is 2.56 bits per heavy atom. The van der Waals surface area contributed by atoms with Crippen LogP contribution in [0.25, 0.3) is 0 Å². The normalized spacial score (nSPS) is 25.1. The van der Waals surface area contributed by atoms with Gasteiger partial charge in [-0.2, -0.15) is 0 Å². The van der Waals surface area contributed by atoms with Gasteiger partial charge >= 0.3 is 0 Å². The molecule has 2 unspecified atom stereocenters. The number of nitrogens with zero attached hydrogens (tertiary/aromatic N) is 1. The number of rotatable bonds is 3. The number of carbonyl (C=O) groups excluding carboxylic acids is 1. The predicted octanol–water partition coefficient (Wildman–Crippen LogP) is 1.40. The smallest absolute Gasteiger partial charge is 0.241 e. The molecule has 1 N–H and O–H groups in total. The maximum Gasteiger partial charge on any atom is 0.241 e. The molecule has 1 amide bonds. The molecule has 0 bridgehead atoms. The average Bonchev–Trinajstić information content (AvgIpc) is 2.58. The number of benzene rings is 1. The Labute approximate surface area is 96.5 Å². The highest BCUT2D eigenvalue weighted by Gasteiger charge is 2.34. The molecule has 1 aromatic carbocycles. The van der Waals surface area contributed by atoms with Crippen LogP contribution in [0.5, 0.6) is 0 Å². The van der Waals surface area contributed by atoms with Crippen molar-refractivity contribution in [3.8, 4) is 0 Å². The summed E-state index contributed by atoms with van der Waals surface area (Å²) in [6.07, 6.45) is 1.93. The Morgan fingerprint density at radius 2 is 2.00 bits per heavy atom. The van der Waals surface area contributed by atoms with E-state index in [-0.39, 0.29) is 18.1 Å². The van der Waals surface area contributed by atoms with Crippen molar-refractivity contribution in [3.05, 3.63) is 35.9 Å². The van der Waals surface area contributed by atoms with Crippen molar-refractivity contribution in [1.82, 2.24) is 10.2 Å². The van der Waals surface area contributed by atoms with Crippen LogP contribution in [-0.2, 0) is 11.2 Å². The number of hydrogen-bond acceptors (Lipinski definition) is 2. The Morgan fingerprint density at radius 1 is 1.31 bits per heavy atom. The van der Waals surface area contributed by atoms with Gasteiger partial charge < -0.3 is 4.90 Å². The zero-order chi connectivity index (χ0) is 11.5. The molecule has 1 fully saturated rings. The molecule has 16 heavy (non-hydrogen) atoms. The molecule has 2 atom stereocenters. The second kappa shape index (κ2) is 4.66. The summed E-state index contributed by atoms with van der Waals surface area (Å²) in [4.78, 5) is 13.8. The third kappa shape index (κ3) is 2.09. The van der Waals surface area contributed by atoms with E-state index in [1.165, 1.54) is 5.56 Å². The molecular formula is C13H18N2O. The molecule has 3 nitrogen and oxygen atoms in total. The summed E-state index contributed by atoms with van der Waals surface area (Å²) < 4.78 is 0. The Hall–Kier alpha value is -1.35. The number of carbonyl (C=O) groups is 1. The van der Waals surface area contributed by atoms with E-state index in [9.17, 15) is 4.79 Å². The second-order valence-corrected chi connectivity index (χ2v) is 4.28. The van der Waals surface area contributed by atoms with E-state index in [0.717, 1.165) is 12.8 Å². The van der Waals surface area contributed by atoms with Crippen molar-refractivity contribution in [2.45, 2.75) is 32.0 Å². The van der Waals surface area contributed by atoms with Gasteiger partial charge in [-0.25, -0.2) is 0 Å². The van der Waals surface area contributed by atoms with Crippen LogP contribution in [0.2, 0.25) is 0 Å². The molecule has 0 spiro atoms. The van der Waals surface area contributed by atoms with Crippen LogP contribution < -0.4 is 5.32 Å². The lowest BCUT2D eigenvalue weighted by Gasteiger charge is -2.16. The van der Waals surface area contributed by atoms with Gasteiger partial charge in [-0.05, 0) is 18.4 Å². The summed E-state index contributed by atoms with van der Waals surface area (Å²) >= 11 is 0. The van der Waals surface area contributed by atoms with Gasteiger partial charge in [-0.3, -0.25) is 10.1 Å². The van der Waals surface area contributed by atoms with Gasteiger partial charge in [0.05, 0.1) is 12.2 Å². The van der Waals surface area contributed by atoms with Crippen LogP contribution in [-0.4, -0.2) is 30.1 Å². The monoisotopic (exact) mass is 218 g/mol. The molecular weight excluding hydrogens is 200 g/mol. The molecule has 0 radical (unpaired) electrons. The predicted molar refractivity (Wildman–Crippen MR) is 63.9 cm³/mol. The highest BCUT2D eigenvalue weighted by molar-refractivity contribution is 5.84. The van der Waals surface area contributed by atoms with E-state index in [4.69, 9.17) is 0 Å². The van der Waals surface area contributed by atoms with Crippen molar-refractivity contribution in [3.63, 3.8) is 0 Å². The maximum atomic E-state index is 11.9. The van der Waals surface area contributed by atoms with Crippen molar-refractivity contribution >= 4 is 5.91 Å². The van der Waals surface area contributed by atoms with E-state index in [0.29, 0.717) is 0 Å². The fourth-order valence-electron chi connectivity index (χ4n) is 2.20.